The summed E-state index contributed by atoms with van der Waals surface area (Å²) in [5, 5.41) is 13.7. The zero-order valence-electron chi connectivity index (χ0n) is 16.3. The van der Waals surface area contributed by atoms with Crippen LogP contribution in [0.2, 0.25) is 0 Å². The fraction of sp³-hybridized carbons (Fsp3) is 0.318. The molecular weight excluding hydrogens is 336 g/mol. The molecule has 1 aromatic heterocycles. The summed E-state index contributed by atoms with van der Waals surface area (Å²) in [6.45, 7) is 6.00. The summed E-state index contributed by atoms with van der Waals surface area (Å²) in [5.74, 6) is 0.177. The summed E-state index contributed by atoms with van der Waals surface area (Å²) in [7, 11) is 1.80. The number of carbonyl (C=O) groups is 1. The lowest BCUT2D eigenvalue weighted by Gasteiger charge is -2.26. The van der Waals surface area contributed by atoms with E-state index in [1.807, 2.05) is 80.2 Å². The van der Waals surface area contributed by atoms with Crippen molar-refractivity contribution in [2.75, 3.05) is 7.05 Å². The summed E-state index contributed by atoms with van der Waals surface area (Å²) in [4.78, 5) is 14.5. The molecule has 0 saturated carbocycles. The van der Waals surface area contributed by atoms with Gasteiger partial charge >= 0.3 is 0 Å². The molecule has 5 heteroatoms. The van der Waals surface area contributed by atoms with Crippen LogP contribution in [0.4, 0.5) is 0 Å². The SMILES string of the molecule is CC(C)C(=N)C[C@@H](C)N(C)C(=O)c1ccc(-n2cc3ccccc3n2)cc1. The summed E-state index contributed by atoms with van der Waals surface area (Å²) in [6.07, 6.45) is 2.58. The van der Waals surface area contributed by atoms with Crippen molar-refractivity contribution < 1.29 is 4.79 Å². The minimum absolute atomic E-state index is 0.0107. The Morgan fingerprint density at radius 1 is 1.11 bits per heavy atom. The van der Waals surface area contributed by atoms with Gasteiger partial charge in [0.25, 0.3) is 5.91 Å². The van der Waals surface area contributed by atoms with Crippen LogP contribution >= 0.6 is 0 Å². The van der Waals surface area contributed by atoms with Gasteiger partial charge in [0, 0.05) is 42.4 Å². The topological polar surface area (TPSA) is 62.0 Å². The van der Waals surface area contributed by atoms with Gasteiger partial charge in [-0.3, -0.25) is 4.79 Å². The maximum atomic E-state index is 12.8. The number of hydrogen-bond donors (Lipinski definition) is 1. The molecule has 0 aliphatic carbocycles. The molecule has 1 heterocycles. The van der Waals surface area contributed by atoms with E-state index in [0.29, 0.717) is 17.7 Å². The van der Waals surface area contributed by atoms with E-state index >= 15 is 0 Å². The van der Waals surface area contributed by atoms with E-state index in [-0.39, 0.29) is 17.9 Å². The molecule has 3 rings (SSSR count). The van der Waals surface area contributed by atoms with Crippen LogP contribution in [0, 0.1) is 11.3 Å². The Kier molecular flexibility index (Phi) is 5.40. The number of carbonyl (C=O) groups excluding carboxylic acids is 1. The molecule has 1 atom stereocenters. The predicted molar refractivity (Wildman–Crippen MR) is 110 cm³/mol. The molecule has 1 N–H and O–H groups in total. The van der Waals surface area contributed by atoms with Crippen LogP contribution in [0.1, 0.15) is 37.6 Å². The molecule has 1 amide bonds. The molecule has 0 aliphatic rings. The van der Waals surface area contributed by atoms with Crippen LogP contribution in [-0.2, 0) is 0 Å². The van der Waals surface area contributed by atoms with Crippen molar-refractivity contribution in [3.63, 3.8) is 0 Å². The number of aromatic nitrogens is 2. The number of hydrogen-bond acceptors (Lipinski definition) is 3. The van der Waals surface area contributed by atoms with E-state index in [9.17, 15) is 4.79 Å². The third kappa shape index (κ3) is 4.08. The third-order valence-electron chi connectivity index (χ3n) is 4.99. The van der Waals surface area contributed by atoms with Crippen molar-refractivity contribution in [3.05, 3.63) is 60.3 Å². The van der Waals surface area contributed by atoms with Gasteiger partial charge in [0.2, 0.25) is 0 Å². The maximum absolute atomic E-state index is 12.8. The number of amides is 1. The zero-order chi connectivity index (χ0) is 19.6. The van der Waals surface area contributed by atoms with Crippen LogP contribution in [0.3, 0.4) is 0 Å². The van der Waals surface area contributed by atoms with Crippen molar-refractivity contribution in [2.24, 2.45) is 5.92 Å². The Balaban J connectivity index is 1.74. The van der Waals surface area contributed by atoms with Gasteiger partial charge in [-0.15, -0.1) is 0 Å². The maximum Gasteiger partial charge on any atom is 0.253 e. The van der Waals surface area contributed by atoms with Crippen molar-refractivity contribution in [2.45, 2.75) is 33.2 Å². The summed E-state index contributed by atoms with van der Waals surface area (Å²) in [5.41, 5.74) is 3.17. The van der Waals surface area contributed by atoms with Gasteiger partial charge in [-0.05, 0) is 43.2 Å². The first-order valence-corrected chi connectivity index (χ1v) is 9.26. The fourth-order valence-electron chi connectivity index (χ4n) is 2.95. The number of nitrogens with one attached hydrogen (secondary N) is 1. The number of nitrogens with zero attached hydrogens (tertiary/aromatic N) is 3. The van der Waals surface area contributed by atoms with E-state index in [4.69, 9.17) is 5.41 Å². The van der Waals surface area contributed by atoms with Crippen molar-refractivity contribution in [1.82, 2.24) is 14.7 Å². The fourth-order valence-corrected chi connectivity index (χ4v) is 2.95. The first-order valence-electron chi connectivity index (χ1n) is 9.26. The summed E-state index contributed by atoms with van der Waals surface area (Å²) >= 11 is 0. The van der Waals surface area contributed by atoms with E-state index in [1.54, 1.807) is 11.9 Å². The largest absolute Gasteiger partial charge is 0.339 e. The van der Waals surface area contributed by atoms with Crippen molar-refractivity contribution in [1.29, 1.82) is 5.41 Å². The second-order valence-electron chi connectivity index (χ2n) is 7.33. The lowest BCUT2D eigenvalue weighted by atomic mass is 10.0. The molecule has 140 valence electrons. The van der Waals surface area contributed by atoms with E-state index in [2.05, 4.69) is 5.10 Å². The van der Waals surface area contributed by atoms with Crippen LogP contribution < -0.4 is 0 Å². The summed E-state index contributed by atoms with van der Waals surface area (Å²) < 4.78 is 1.83. The predicted octanol–water partition coefficient (Wildman–Crippen LogP) is 4.55. The Labute approximate surface area is 160 Å². The normalized spacial score (nSPS) is 12.3. The van der Waals surface area contributed by atoms with Gasteiger partial charge in [0.15, 0.2) is 0 Å². The number of fused-ring (bicyclic) bond motifs is 1. The molecule has 2 aromatic carbocycles. The molecule has 0 spiro atoms. The average Bonchev–Trinajstić information content (AvgIpc) is 3.11. The first-order chi connectivity index (χ1) is 12.9. The smallest absolute Gasteiger partial charge is 0.253 e. The molecular formula is C22H26N4O. The highest BCUT2D eigenvalue weighted by Gasteiger charge is 2.19. The molecule has 0 bridgehead atoms. The van der Waals surface area contributed by atoms with E-state index < -0.39 is 0 Å². The number of rotatable bonds is 6. The monoisotopic (exact) mass is 362 g/mol. The molecule has 0 aliphatic heterocycles. The molecule has 0 saturated heterocycles. The van der Waals surface area contributed by atoms with Gasteiger partial charge in [-0.1, -0.05) is 32.0 Å². The average molecular weight is 362 g/mol. The first kappa shape index (κ1) is 18.8. The van der Waals surface area contributed by atoms with Crippen LogP contribution in [0.5, 0.6) is 0 Å². The lowest BCUT2D eigenvalue weighted by Crippen LogP contribution is -2.37. The van der Waals surface area contributed by atoms with Gasteiger partial charge < -0.3 is 10.3 Å². The minimum Gasteiger partial charge on any atom is -0.339 e. The highest BCUT2D eigenvalue weighted by molar-refractivity contribution is 5.95. The van der Waals surface area contributed by atoms with Gasteiger partial charge in [-0.2, -0.15) is 5.10 Å². The Morgan fingerprint density at radius 3 is 2.41 bits per heavy atom. The summed E-state index contributed by atoms with van der Waals surface area (Å²) in [6, 6.07) is 15.5. The van der Waals surface area contributed by atoms with Crippen molar-refractivity contribution >= 4 is 22.5 Å². The third-order valence-corrected chi connectivity index (χ3v) is 4.99. The Bertz CT molecular complexity index is 923. The van der Waals surface area contributed by atoms with Crippen LogP contribution in [-0.4, -0.2) is 39.4 Å². The van der Waals surface area contributed by atoms with E-state index in [1.165, 1.54) is 0 Å². The quantitative estimate of drug-likeness (QED) is 0.654. The molecule has 0 fully saturated rings. The Hall–Kier alpha value is -2.95. The molecule has 27 heavy (non-hydrogen) atoms. The standard InChI is InChI=1S/C22H26N4O/c1-15(2)20(23)13-16(3)25(4)22(27)17-9-11-19(12-10-17)26-14-18-7-5-6-8-21(18)24-26/h5-12,14-16,23H,13H2,1-4H3/t16-/m1/s1. The Morgan fingerprint density at radius 2 is 1.78 bits per heavy atom. The number of benzene rings is 2. The van der Waals surface area contributed by atoms with Crippen LogP contribution in [0.15, 0.2) is 54.7 Å². The highest BCUT2D eigenvalue weighted by atomic mass is 16.2. The molecule has 5 nitrogen and oxygen atoms in total. The zero-order valence-corrected chi connectivity index (χ0v) is 16.3. The molecule has 0 unspecified atom stereocenters. The van der Waals surface area contributed by atoms with Crippen molar-refractivity contribution in [3.8, 4) is 5.69 Å². The molecule has 3 aromatic rings. The van der Waals surface area contributed by atoms with Gasteiger partial charge in [-0.25, -0.2) is 4.68 Å². The minimum atomic E-state index is -0.0313. The van der Waals surface area contributed by atoms with Gasteiger partial charge in [0.1, 0.15) is 0 Å². The van der Waals surface area contributed by atoms with E-state index in [0.717, 1.165) is 16.6 Å². The van der Waals surface area contributed by atoms with Gasteiger partial charge in [0.05, 0.1) is 11.2 Å². The highest BCUT2D eigenvalue weighted by Crippen LogP contribution is 2.17. The second-order valence-corrected chi connectivity index (χ2v) is 7.33. The lowest BCUT2D eigenvalue weighted by molar-refractivity contribution is 0.0747. The second kappa shape index (κ2) is 7.74. The molecule has 0 radical (unpaired) electrons. The van der Waals surface area contributed by atoms with Crippen LogP contribution in [0.25, 0.3) is 16.6 Å².